The van der Waals surface area contributed by atoms with Gasteiger partial charge in [0.1, 0.15) is 0 Å². The smallest absolute Gasteiger partial charge is 0.0280 e. The van der Waals surface area contributed by atoms with Crippen LogP contribution in [0.5, 0.6) is 0 Å². The second-order valence-corrected chi connectivity index (χ2v) is 4.73. The van der Waals surface area contributed by atoms with Crippen molar-refractivity contribution in [3.05, 3.63) is 24.3 Å². The van der Waals surface area contributed by atoms with Crippen LogP contribution >= 0.6 is 0 Å². The summed E-state index contributed by atoms with van der Waals surface area (Å²) in [4.78, 5) is 0. The largest absolute Gasteiger partial charge is 0.0988 e. The average Bonchev–Trinajstić information content (AvgIpc) is 2.35. The van der Waals surface area contributed by atoms with Crippen LogP contribution in [0.2, 0.25) is 0 Å². The molecule has 0 bridgehead atoms. The molecule has 0 spiro atoms. The second kappa shape index (κ2) is 9.69. The summed E-state index contributed by atoms with van der Waals surface area (Å²) in [5, 5.41) is 0. The monoisotopic (exact) mass is 222 g/mol. The van der Waals surface area contributed by atoms with Crippen molar-refractivity contribution >= 4 is 0 Å². The fourth-order valence-corrected chi connectivity index (χ4v) is 2.35. The van der Waals surface area contributed by atoms with Crippen molar-refractivity contribution < 1.29 is 0 Å². The van der Waals surface area contributed by atoms with Gasteiger partial charge in [0, 0.05) is 0 Å². The van der Waals surface area contributed by atoms with Gasteiger partial charge < -0.3 is 0 Å². The van der Waals surface area contributed by atoms with Crippen LogP contribution in [-0.2, 0) is 0 Å². The summed E-state index contributed by atoms with van der Waals surface area (Å²) in [5.41, 5.74) is 1.42. The van der Waals surface area contributed by atoms with Crippen LogP contribution in [0.25, 0.3) is 0 Å². The lowest BCUT2D eigenvalue weighted by Gasteiger charge is -2.26. The van der Waals surface area contributed by atoms with E-state index in [9.17, 15) is 0 Å². The fraction of sp³-hybridized carbons (Fsp3) is 0.750. The zero-order valence-electron chi connectivity index (χ0n) is 11.8. The van der Waals surface area contributed by atoms with E-state index in [0.29, 0.717) is 0 Å². The standard InChI is InChI=1S/C14H24.C2H6/c1-4-13(5-2)10-11-14-8-6-12(3)7-9-14;1-2/h4-5,12,14H,1,6-11H2,2-3H3;1-2H3/b13-5+;. The molecule has 0 atom stereocenters. The normalized spacial score (nSPS) is 25.6. The number of allylic oxidation sites excluding steroid dienone is 3. The van der Waals surface area contributed by atoms with Gasteiger partial charge in [-0.1, -0.05) is 70.8 Å². The van der Waals surface area contributed by atoms with E-state index in [2.05, 4.69) is 26.5 Å². The maximum Gasteiger partial charge on any atom is -0.0280 e. The van der Waals surface area contributed by atoms with Crippen LogP contribution in [-0.4, -0.2) is 0 Å². The van der Waals surface area contributed by atoms with E-state index in [1.54, 1.807) is 0 Å². The van der Waals surface area contributed by atoms with Crippen molar-refractivity contribution in [1.82, 2.24) is 0 Å². The first-order valence-corrected chi connectivity index (χ1v) is 7.04. The van der Waals surface area contributed by atoms with E-state index < -0.39 is 0 Å². The molecule has 0 heterocycles. The lowest BCUT2D eigenvalue weighted by Crippen LogP contribution is -2.12. The molecule has 16 heavy (non-hydrogen) atoms. The topological polar surface area (TPSA) is 0 Å². The first kappa shape index (κ1) is 15.5. The third-order valence-electron chi connectivity index (χ3n) is 3.61. The average molecular weight is 222 g/mol. The summed E-state index contributed by atoms with van der Waals surface area (Å²) in [6.45, 7) is 12.3. The molecule has 0 N–H and O–H groups in total. The molecule has 0 nitrogen and oxygen atoms in total. The van der Waals surface area contributed by atoms with Gasteiger partial charge in [-0.05, 0) is 31.6 Å². The summed E-state index contributed by atoms with van der Waals surface area (Å²) >= 11 is 0. The van der Waals surface area contributed by atoms with Crippen molar-refractivity contribution in [1.29, 1.82) is 0 Å². The SMILES string of the molecule is C=C/C(=C\C)CCC1CCC(C)CC1.CC. The van der Waals surface area contributed by atoms with E-state index >= 15 is 0 Å². The fourth-order valence-electron chi connectivity index (χ4n) is 2.35. The van der Waals surface area contributed by atoms with E-state index in [1.807, 2.05) is 19.9 Å². The molecule has 0 heteroatoms. The Morgan fingerprint density at radius 2 is 1.75 bits per heavy atom. The molecule has 1 aliphatic carbocycles. The molecule has 0 amide bonds. The highest BCUT2D eigenvalue weighted by Crippen LogP contribution is 2.31. The van der Waals surface area contributed by atoms with Gasteiger partial charge in [-0.15, -0.1) is 0 Å². The Morgan fingerprint density at radius 1 is 1.19 bits per heavy atom. The van der Waals surface area contributed by atoms with Gasteiger partial charge in [-0.3, -0.25) is 0 Å². The third kappa shape index (κ3) is 6.15. The predicted molar refractivity (Wildman–Crippen MR) is 75.7 cm³/mol. The second-order valence-electron chi connectivity index (χ2n) is 4.73. The Hall–Kier alpha value is -0.520. The lowest BCUT2D eigenvalue weighted by molar-refractivity contribution is 0.278. The van der Waals surface area contributed by atoms with E-state index in [-0.39, 0.29) is 0 Å². The molecule has 0 aromatic heterocycles. The van der Waals surface area contributed by atoms with E-state index in [0.717, 1.165) is 11.8 Å². The molecule has 0 saturated heterocycles. The van der Waals surface area contributed by atoms with Gasteiger partial charge in [0.05, 0.1) is 0 Å². The van der Waals surface area contributed by atoms with Crippen molar-refractivity contribution in [2.45, 2.75) is 66.2 Å². The number of hydrogen-bond donors (Lipinski definition) is 0. The quantitative estimate of drug-likeness (QED) is 0.531. The highest BCUT2D eigenvalue weighted by molar-refractivity contribution is 5.14. The van der Waals surface area contributed by atoms with Crippen LogP contribution in [0.4, 0.5) is 0 Å². The molecular formula is C16H30. The zero-order valence-corrected chi connectivity index (χ0v) is 11.8. The van der Waals surface area contributed by atoms with Crippen LogP contribution < -0.4 is 0 Å². The summed E-state index contributed by atoms with van der Waals surface area (Å²) < 4.78 is 0. The number of hydrogen-bond acceptors (Lipinski definition) is 0. The van der Waals surface area contributed by atoms with Gasteiger partial charge in [0.15, 0.2) is 0 Å². The zero-order chi connectivity index (χ0) is 12.4. The van der Waals surface area contributed by atoms with Crippen molar-refractivity contribution in [3.8, 4) is 0 Å². The molecule has 1 rings (SSSR count). The summed E-state index contributed by atoms with van der Waals surface area (Å²) in [7, 11) is 0. The minimum atomic E-state index is 0.979. The molecule has 0 unspecified atom stereocenters. The molecule has 1 aliphatic rings. The highest BCUT2D eigenvalue weighted by atomic mass is 14.2. The Bertz CT molecular complexity index is 192. The maximum absolute atomic E-state index is 3.84. The first-order chi connectivity index (χ1) is 7.76. The Morgan fingerprint density at radius 3 is 2.19 bits per heavy atom. The Kier molecular flexibility index (Phi) is 9.37. The first-order valence-electron chi connectivity index (χ1n) is 7.04. The van der Waals surface area contributed by atoms with Gasteiger partial charge in [-0.25, -0.2) is 0 Å². The third-order valence-corrected chi connectivity index (χ3v) is 3.61. The molecule has 0 aromatic rings. The van der Waals surface area contributed by atoms with E-state index in [4.69, 9.17) is 0 Å². The molecule has 94 valence electrons. The van der Waals surface area contributed by atoms with Gasteiger partial charge in [0.25, 0.3) is 0 Å². The molecule has 0 radical (unpaired) electrons. The van der Waals surface area contributed by atoms with Crippen LogP contribution in [0.3, 0.4) is 0 Å². The molecule has 1 fully saturated rings. The van der Waals surface area contributed by atoms with Gasteiger partial charge >= 0.3 is 0 Å². The minimum Gasteiger partial charge on any atom is -0.0988 e. The Labute approximate surface area is 103 Å². The summed E-state index contributed by atoms with van der Waals surface area (Å²) in [5.74, 6) is 1.97. The molecule has 0 aromatic carbocycles. The van der Waals surface area contributed by atoms with Crippen molar-refractivity contribution in [2.24, 2.45) is 11.8 Å². The van der Waals surface area contributed by atoms with Gasteiger partial charge in [0.2, 0.25) is 0 Å². The predicted octanol–water partition coefficient (Wildman–Crippen LogP) is 5.75. The summed E-state index contributed by atoms with van der Waals surface area (Å²) in [6, 6.07) is 0. The van der Waals surface area contributed by atoms with Crippen LogP contribution in [0, 0.1) is 11.8 Å². The minimum absolute atomic E-state index is 0.979. The Balaban J connectivity index is 0.00000106. The molecular weight excluding hydrogens is 192 g/mol. The number of rotatable bonds is 4. The van der Waals surface area contributed by atoms with Crippen LogP contribution in [0.1, 0.15) is 66.2 Å². The summed E-state index contributed by atoms with van der Waals surface area (Å²) in [6.07, 6.45) is 12.6. The highest BCUT2D eigenvalue weighted by Gasteiger charge is 2.17. The maximum atomic E-state index is 3.84. The van der Waals surface area contributed by atoms with E-state index in [1.165, 1.54) is 44.1 Å². The van der Waals surface area contributed by atoms with Crippen molar-refractivity contribution in [2.75, 3.05) is 0 Å². The molecule has 0 aliphatic heterocycles. The van der Waals surface area contributed by atoms with Crippen LogP contribution in [0.15, 0.2) is 24.3 Å². The molecule has 1 saturated carbocycles. The lowest BCUT2D eigenvalue weighted by atomic mass is 9.80. The van der Waals surface area contributed by atoms with Crippen molar-refractivity contribution in [3.63, 3.8) is 0 Å². The van der Waals surface area contributed by atoms with Gasteiger partial charge in [-0.2, -0.15) is 0 Å².